The second-order valence-corrected chi connectivity index (χ2v) is 5.92. The molecule has 0 atom stereocenters. The van der Waals surface area contributed by atoms with Crippen LogP contribution in [0.2, 0.25) is 0 Å². The molecule has 1 aromatic carbocycles. The molecule has 1 fully saturated rings. The van der Waals surface area contributed by atoms with Gasteiger partial charge in [0, 0.05) is 30.1 Å². The van der Waals surface area contributed by atoms with Crippen molar-refractivity contribution in [1.29, 1.82) is 0 Å². The van der Waals surface area contributed by atoms with Crippen molar-refractivity contribution in [2.45, 2.75) is 12.8 Å². The number of hydrogen-bond acceptors (Lipinski definition) is 4. The van der Waals surface area contributed by atoms with E-state index in [1.54, 1.807) is 12.4 Å². The largest absolute Gasteiger partial charge is 0.368 e. The molecule has 1 saturated carbocycles. The standard InChI is InChI=1S/C19H18N4/c1-2-4-15(5-3-1)17-12-18(21-13-14-6-7-14)22-23-19(17)16-8-10-20-11-9-16/h1-5,8-12,14H,6-7,13H2,(H,21,22). The molecule has 1 aliphatic rings. The van der Waals surface area contributed by atoms with Crippen LogP contribution in [0.5, 0.6) is 0 Å². The van der Waals surface area contributed by atoms with Crippen molar-refractivity contribution in [3.05, 3.63) is 60.9 Å². The summed E-state index contributed by atoms with van der Waals surface area (Å²) in [6, 6.07) is 16.4. The van der Waals surface area contributed by atoms with Gasteiger partial charge in [0.1, 0.15) is 11.5 Å². The molecule has 0 radical (unpaired) electrons. The summed E-state index contributed by atoms with van der Waals surface area (Å²) in [4.78, 5) is 4.09. The number of anilines is 1. The molecule has 0 amide bonds. The lowest BCUT2D eigenvalue weighted by atomic mass is 10.0. The molecule has 3 aromatic rings. The summed E-state index contributed by atoms with van der Waals surface area (Å²) in [6.07, 6.45) is 6.21. The van der Waals surface area contributed by atoms with Gasteiger partial charge in [-0.3, -0.25) is 4.98 Å². The third-order valence-electron chi connectivity index (χ3n) is 4.10. The van der Waals surface area contributed by atoms with Crippen LogP contribution >= 0.6 is 0 Å². The fourth-order valence-corrected chi connectivity index (χ4v) is 2.61. The van der Waals surface area contributed by atoms with Gasteiger partial charge in [-0.15, -0.1) is 10.2 Å². The number of aromatic nitrogens is 3. The summed E-state index contributed by atoms with van der Waals surface area (Å²) >= 11 is 0. The topological polar surface area (TPSA) is 50.7 Å². The maximum atomic E-state index is 4.48. The van der Waals surface area contributed by atoms with E-state index in [0.29, 0.717) is 0 Å². The third-order valence-corrected chi connectivity index (χ3v) is 4.10. The molecule has 1 N–H and O–H groups in total. The first-order chi connectivity index (χ1) is 11.4. The summed E-state index contributed by atoms with van der Waals surface area (Å²) < 4.78 is 0. The predicted octanol–water partition coefficient (Wildman–Crippen LogP) is 4.03. The van der Waals surface area contributed by atoms with E-state index in [2.05, 4.69) is 38.7 Å². The second kappa shape index (κ2) is 6.16. The van der Waals surface area contributed by atoms with Gasteiger partial charge in [-0.2, -0.15) is 0 Å². The van der Waals surface area contributed by atoms with Crippen LogP contribution in [0.4, 0.5) is 5.82 Å². The molecule has 1 aliphatic carbocycles. The van der Waals surface area contributed by atoms with E-state index in [1.807, 2.05) is 30.3 Å². The average molecular weight is 302 g/mol. The number of rotatable bonds is 5. The number of nitrogens with one attached hydrogen (secondary N) is 1. The van der Waals surface area contributed by atoms with E-state index in [0.717, 1.165) is 40.7 Å². The highest BCUT2D eigenvalue weighted by Gasteiger charge is 2.21. The molecule has 0 saturated heterocycles. The van der Waals surface area contributed by atoms with E-state index in [1.165, 1.54) is 12.8 Å². The van der Waals surface area contributed by atoms with Crippen LogP contribution in [0.15, 0.2) is 60.9 Å². The van der Waals surface area contributed by atoms with Gasteiger partial charge in [0.25, 0.3) is 0 Å². The number of nitrogens with zero attached hydrogens (tertiary/aromatic N) is 3. The highest BCUT2D eigenvalue weighted by molar-refractivity contribution is 5.81. The van der Waals surface area contributed by atoms with Crippen molar-refractivity contribution in [2.24, 2.45) is 5.92 Å². The second-order valence-electron chi connectivity index (χ2n) is 5.92. The molecule has 4 rings (SSSR count). The Balaban J connectivity index is 1.75. The van der Waals surface area contributed by atoms with E-state index >= 15 is 0 Å². The van der Waals surface area contributed by atoms with Gasteiger partial charge in [0.05, 0.1) is 0 Å². The molecule has 0 aliphatic heterocycles. The van der Waals surface area contributed by atoms with Crippen molar-refractivity contribution in [2.75, 3.05) is 11.9 Å². The molecule has 0 spiro atoms. The van der Waals surface area contributed by atoms with Gasteiger partial charge < -0.3 is 5.32 Å². The van der Waals surface area contributed by atoms with Gasteiger partial charge in [-0.25, -0.2) is 0 Å². The highest BCUT2D eigenvalue weighted by Crippen LogP contribution is 2.32. The fourth-order valence-electron chi connectivity index (χ4n) is 2.61. The zero-order valence-corrected chi connectivity index (χ0v) is 12.8. The number of benzene rings is 1. The molecule has 2 heterocycles. The Bertz CT molecular complexity index is 783. The van der Waals surface area contributed by atoms with Crippen molar-refractivity contribution in [1.82, 2.24) is 15.2 Å². The lowest BCUT2D eigenvalue weighted by molar-refractivity contribution is 0.874. The molecule has 2 aromatic heterocycles. The quantitative estimate of drug-likeness (QED) is 0.773. The van der Waals surface area contributed by atoms with Gasteiger partial charge in [0.15, 0.2) is 0 Å². The first-order valence-electron chi connectivity index (χ1n) is 7.97. The van der Waals surface area contributed by atoms with Crippen molar-refractivity contribution in [3.8, 4) is 22.4 Å². The van der Waals surface area contributed by atoms with Gasteiger partial charge in [0.2, 0.25) is 0 Å². The Morgan fingerprint density at radius 2 is 1.70 bits per heavy atom. The molecule has 0 unspecified atom stereocenters. The third kappa shape index (κ3) is 3.21. The van der Waals surface area contributed by atoms with E-state index < -0.39 is 0 Å². The minimum absolute atomic E-state index is 0.803. The number of pyridine rings is 1. The molecule has 4 heteroatoms. The van der Waals surface area contributed by atoms with Crippen LogP contribution in [0, 0.1) is 5.92 Å². The smallest absolute Gasteiger partial charge is 0.149 e. The average Bonchev–Trinajstić information content (AvgIpc) is 3.46. The molecule has 4 nitrogen and oxygen atoms in total. The van der Waals surface area contributed by atoms with Crippen LogP contribution in [-0.4, -0.2) is 21.7 Å². The molecular formula is C19H18N4. The SMILES string of the molecule is c1ccc(-c2cc(NCC3CC3)nnc2-c2ccncc2)cc1. The Morgan fingerprint density at radius 1 is 0.913 bits per heavy atom. The Morgan fingerprint density at radius 3 is 2.43 bits per heavy atom. The minimum Gasteiger partial charge on any atom is -0.368 e. The fraction of sp³-hybridized carbons (Fsp3) is 0.211. The summed E-state index contributed by atoms with van der Waals surface area (Å²) in [5, 5.41) is 12.3. The minimum atomic E-state index is 0.803. The monoisotopic (exact) mass is 302 g/mol. The predicted molar refractivity (Wildman–Crippen MR) is 91.9 cm³/mol. The van der Waals surface area contributed by atoms with Crippen molar-refractivity contribution in [3.63, 3.8) is 0 Å². The lowest BCUT2D eigenvalue weighted by Crippen LogP contribution is -2.06. The maximum Gasteiger partial charge on any atom is 0.149 e. The van der Waals surface area contributed by atoms with E-state index in [4.69, 9.17) is 0 Å². The normalized spacial score (nSPS) is 13.7. The van der Waals surface area contributed by atoms with E-state index in [9.17, 15) is 0 Å². The zero-order valence-electron chi connectivity index (χ0n) is 12.8. The van der Waals surface area contributed by atoms with Crippen molar-refractivity contribution < 1.29 is 0 Å². The van der Waals surface area contributed by atoms with Gasteiger partial charge in [-0.1, -0.05) is 30.3 Å². The number of hydrogen-bond donors (Lipinski definition) is 1. The van der Waals surface area contributed by atoms with Crippen LogP contribution in [0.1, 0.15) is 12.8 Å². The zero-order chi connectivity index (χ0) is 15.5. The molecule has 23 heavy (non-hydrogen) atoms. The first-order valence-corrected chi connectivity index (χ1v) is 7.97. The molecule has 114 valence electrons. The highest BCUT2D eigenvalue weighted by atomic mass is 15.2. The first kappa shape index (κ1) is 13.9. The summed E-state index contributed by atoms with van der Waals surface area (Å²) in [5.41, 5.74) is 4.14. The summed E-state index contributed by atoms with van der Waals surface area (Å²) in [6.45, 7) is 0.984. The van der Waals surface area contributed by atoms with Gasteiger partial charge in [-0.05, 0) is 42.5 Å². The Kier molecular flexibility index (Phi) is 3.72. The molecular weight excluding hydrogens is 284 g/mol. The van der Waals surface area contributed by atoms with Crippen LogP contribution in [0.3, 0.4) is 0 Å². The molecule has 0 bridgehead atoms. The summed E-state index contributed by atoms with van der Waals surface area (Å²) in [5.74, 6) is 1.64. The van der Waals surface area contributed by atoms with Crippen LogP contribution in [0.25, 0.3) is 22.4 Å². The Labute approximate surface area is 135 Å². The van der Waals surface area contributed by atoms with Gasteiger partial charge >= 0.3 is 0 Å². The lowest BCUT2D eigenvalue weighted by Gasteiger charge is -2.11. The Hall–Kier alpha value is -2.75. The maximum absolute atomic E-state index is 4.48. The van der Waals surface area contributed by atoms with Crippen LogP contribution in [-0.2, 0) is 0 Å². The van der Waals surface area contributed by atoms with Crippen LogP contribution < -0.4 is 5.32 Å². The van der Waals surface area contributed by atoms with Crippen molar-refractivity contribution >= 4 is 5.82 Å². The van der Waals surface area contributed by atoms with E-state index in [-0.39, 0.29) is 0 Å². The summed E-state index contributed by atoms with van der Waals surface area (Å²) in [7, 11) is 0.